The maximum atomic E-state index is 13.1. The molecule has 1 aliphatic carbocycles. The summed E-state index contributed by atoms with van der Waals surface area (Å²) in [5, 5.41) is 5.77. The average molecular weight is 357 g/mol. The number of nitrogens with zero attached hydrogens (tertiary/aromatic N) is 1. The summed E-state index contributed by atoms with van der Waals surface area (Å²) >= 11 is 0. The third-order valence-electron chi connectivity index (χ3n) is 5.11. The second-order valence-corrected chi connectivity index (χ2v) is 7.50. The van der Waals surface area contributed by atoms with Gasteiger partial charge >= 0.3 is 0 Å². The molecule has 26 heavy (non-hydrogen) atoms. The monoisotopic (exact) mass is 357 g/mol. The molecule has 3 amide bonds. The molecule has 3 rings (SSSR count). The van der Waals surface area contributed by atoms with Gasteiger partial charge in [0.05, 0.1) is 12.5 Å². The minimum Gasteiger partial charge on any atom is -0.352 e. The molecule has 0 spiro atoms. The minimum atomic E-state index is -1.09. The number of hydrogen-bond acceptors (Lipinski definition) is 3. The Labute approximate surface area is 154 Å². The van der Waals surface area contributed by atoms with E-state index in [1.54, 1.807) is 4.90 Å². The Morgan fingerprint density at radius 3 is 2.58 bits per heavy atom. The predicted octanol–water partition coefficient (Wildman–Crippen LogP) is 1.39. The van der Waals surface area contributed by atoms with Gasteiger partial charge in [0.2, 0.25) is 5.91 Å². The Morgan fingerprint density at radius 1 is 1.19 bits per heavy atom. The summed E-state index contributed by atoms with van der Waals surface area (Å²) in [7, 11) is 0. The third kappa shape index (κ3) is 3.89. The first-order chi connectivity index (χ1) is 12.5. The van der Waals surface area contributed by atoms with Crippen molar-refractivity contribution in [3.05, 3.63) is 35.9 Å². The number of piperazine rings is 1. The van der Waals surface area contributed by atoms with E-state index in [-0.39, 0.29) is 36.4 Å². The molecule has 1 saturated heterocycles. The fourth-order valence-electron chi connectivity index (χ4n) is 3.99. The van der Waals surface area contributed by atoms with Crippen molar-refractivity contribution in [2.24, 2.45) is 0 Å². The first-order valence-electron chi connectivity index (χ1n) is 9.43. The van der Waals surface area contributed by atoms with Crippen LogP contribution in [0.25, 0.3) is 0 Å². The summed E-state index contributed by atoms with van der Waals surface area (Å²) in [6.07, 6.45) is 3.90. The van der Waals surface area contributed by atoms with E-state index in [1.165, 1.54) is 0 Å². The number of carbonyl (C=O) groups is 3. The van der Waals surface area contributed by atoms with Gasteiger partial charge in [-0.3, -0.25) is 14.4 Å². The van der Waals surface area contributed by atoms with Crippen molar-refractivity contribution in [1.29, 1.82) is 0 Å². The SMILES string of the molecule is CC(C)NC(=O)C1C(=O)NC2CCCCC2N1C(=O)Cc1ccccc1. The summed E-state index contributed by atoms with van der Waals surface area (Å²) in [5.41, 5.74) is 0.888. The fraction of sp³-hybridized carbons (Fsp3) is 0.550. The van der Waals surface area contributed by atoms with Gasteiger partial charge in [-0.15, -0.1) is 0 Å². The van der Waals surface area contributed by atoms with Crippen LogP contribution in [0.3, 0.4) is 0 Å². The van der Waals surface area contributed by atoms with E-state index in [0.29, 0.717) is 0 Å². The molecular weight excluding hydrogens is 330 g/mol. The molecular formula is C20H27N3O3. The molecule has 2 aliphatic rings. The highest BCUT2D eigenvalue weighted by molar-refractivity contribution is 6.08. The number of amides is 3. The molecule has 1 aromatic rings. The van der Waals surface area contributed by atoms with Crippen LogP contribution in [0, 0.1) is 0 Å². The molecule has 3 unspecified atom stereocenters. The second kappa shape index (κ2) is 7.89. The quantitative estimate of drug-likeness (QED) is 0.800. The van der Waals surface area contributed by atoms with Crippen molar-refractivity contribution in [2.45, 2.75) is 70.1 Å². The van der Waals surface area contributed by atoms with Gasteiger partial charge in [0.15, 0.2) is 6.04 Å². The number of benzene rings is 1. The maximum Gasteiger partial charge on any atom is 0.252 e. The van der Waals surface area contributed by atoms with Gasteiger partial charge < -0.3 is 15.5 Å². The van der Waals surface area contributed by atoms with Gasteiger partial charge in [-0.2, -0.15) is 0 Å². The van der Waals surface area contributed by atoms with E-state index in [2.05, 4.69) is 10.6 Å². The molecule has 3 atom stereocenters. The zero-order valence-corrected chi connectivity index (χ0v) is 15.4. The van der Waals surface area contributed by atoms with Crippen LogP contribution < -0.4 is 10.6 Å². The molecule has 1 heterocycles. The molecule has 1 saturated carbocycles. The van der Waals surface area contributed by atoms with Crippen LogP contribution in [0.2, 0.25) is 0 Å². The van der Waals surface area contributed by atoms with E-state index in [1.807, 2.05) is 44.2 Å². The zero-order chi connectivity index (χ0) is 18.7. The van der Waals surface area contributed by atoms with Crippen molar-refractivity contribution < 1.29 is 14.4 Å². The van der Waals surface area contributed by atoms with Gasteiger partial charge in [-0.1, -0.05) is 43.2 Å². The summed E-state index contributed by atoms with van der Waals surface area (Å²) in [5.74, 6) is -0.928. The Balaban J connectivity index is 1.88. The standard InChI is InChI=1S/C20H27N3O3/c1-13(2)21-19(25)18-20(26)22-15-10-6-7-11-16(15)23(18)17(24)12-14-8-4-3-5-9-14/h3-5,8-9,13,15-16,18H,6-7,10-12H2,1-2H3,(H,21,25)(H,22,26). The number of nitrogens with one attached hydrogen (secondary N) is 2. The Hall–Kier alpha value is -2.37. The Bertz CT molecular complexity index is 674. The predicted molar refractivity (Wildman–Crippen MR) is 98.2 cm³/mol. The van der Waals surface area contributed by atoms with Crippen LogP contribution in [-0.2, 0) is 20.8 Å². The Morgan fingerprint density at radius 2 is 1.88 bits per heavy atom. The van der Waals surface area contributed by atoms with Crippen LogP contribution in [-0.4, -0.2) is 46.8 Å². The molecule has 140 valence electrons. The van der Waals surface area contributed by atoms with Crippen molar-refractivity contribution >= 4 is 17.7 Å². The van der Waals surface area contributed by atoms with E-state index >= 15 is 0 Å². The molecule has 2 N–H and O–H groups in total. The molecule has 1 aliphatic heterocycles. The van der Waals surface area contributed by atoms with Crippen LogP contribution in [0.15, 0.2) is 30.3 Å². The highest BCUT2D eigenvalue weighted by Gasteiger charge is 2.48. The Kier molecular flexibility index (Phi) is 5.59. The molecule has 0 aromatic heterocycles. The number of carbonyl (C=O) groups excluding carboxylic acids is 3. The normalized spacial score (nSPS) is 25.4. The summed E-state index contributed by atoms with van der Waals surface area (Å²) in [6.45, 7) is 3.69. The van der Waals surface area contributed by atoms with Crippen LogP contribution in [0.5, 0.6) is 0 Å². The third-order valence-corrected chi connectivity index (χ3v) is 5.11. The largest absolute Gasteiger partial charge is 0.352 e. The highest BCUT2D eigenvalue weighted by Crippen LogP contribution is 2.29. The molecule has 1 aromatic carbocycles. The van der Waals surface area contributed by atoms with Crippen molar-refractivity contribution in [1.82, 2.24) is 15.5 Å². The minimum absolute atomic E-state index is 0.0564. The summed E-state index contributed by atoms with van der Waals surface area (Å²) < 4.78 is 0. The van der Waals surface area contributed by atoms with Crippen LogP contribution >= 0.6 is 0 Å². The molecule has 6 heteroatoms. The van der Waals surface area contributed by atoms with Crippen LogP contribution in [0.4, 0.5) is 0 Å². The van der Waals surface area contributed by atoms with E-state index < -0.39 is 11.9 Å². The van der Waals surface area contributed by atoms with Gasteiger partial charge in [-0.25, -0.2) is 0 Å². The second-order valence-electron chi connectivity index (χ2n) is 7.50. The molecule has 0 radical (unpaired) electrons. The first-order valence-corrected chi connectivity index (χ1v) is 9.43. The molecule has 6 nitrogen and oxygen atoms in total. The number of hydrogen-bond donors (Lipinski definition) is 2. The van der Waals surface area contributed by atoms with Crippen molar-refractivity contribution in [2.75, 3.05) is 0 Å². The smallest absolute Gasteiger partial charge is 0.252 e. The number of rotatable bonds is 4. The summed E-state index contributed by atoms with van der Waals surface area (Å²) in [4.78, 5) is 40.1. The lowest BCUT2D eigenvalue weighted by Gasteiger charge is -2.47. The molecule has 0 bridgehead atoms. The van der Waals surface area contributed by atoms with Crippen molar-refractivity contribution in [3.63, 3.8) is 0 Å². The highest BCUT2D eigenvalue weighted by atomic mass is 16.2. The lowest BCUT2D eigenvalue weighted by Crippen LogP contribution is -2.71. The van der Waals surface area contributed by atoms with E-state index in [0.717, 1.165) is 31.2 Å². The van der Waals surface area contributed by atoms with E-state index in [4.69, 9.17) is 0 Å². The summed E-state index contributed by atoms with van der Waals surface area (Å²) in [6, 6.07) is 8.11. The average Bonchev–Trinajstić information content (AvgIpc) is 2.60. The zero-order valence-electron chi connectivity index (χ0n) is 15.4. The lowest BCUT2D eigenvalue weighted by atomic mass is 9.85. The maximum absolute atomic E-state index is 13.1. The van der Waals surface area contributed by atoms with Gasteiger partial charge in [0.25, 0.3) is 11.8 Å². The van der Waals surface area contributed by atoms with Crippen LogP contribution in [0.1, 0.15) is 45.1 Å². The molecule has 2 fully saturated rings. The van der Waals surface area contributed by atoms with Gasteiger partial charge in [-0.05, 0) is 32.3 Å². The number of fused-ring (bicyclic) bond motifs is 1. The van der Waals surface area contributed by atoms with E-state index in [9.17, 15) is 14.4 Å². The fourth-order valence-corrected chi connectivity index (χ4v) is 3.99. The lowest BCUT2D eigenvalue weighted by molar-refractivity contribution is -0.156. The topological polar surface area (TPSA) is 78.5 Å². The first kappa shape index (κ1) is 18.4. The van der Waals surface area contributed by atoms with Crippen molar-refractivity contribution in [3.8, 4) is 0 Å². The van der Waals surface area contributed by atoms with Gasteiger partial charge in [0.1, 0.15) is 0 Å². The van der Waals surface area contributed by atoms with Gasteiger partial charge in [0, 0.05) is 12.1 Å².